The predicted octanol–water partition coefficient (Wildman–Crippen LogP) is 3.09. The number of carbonyl (C=O) groups excluding carboxylic acids is 1. The Morgan fingerprint density at radius 1 is 1.35 bits per heavy atom. The summed E-state index contributed by atoms with van der Waals surface area (Å²) in [5, 5.41) is 3.16. The number of hydrogen-bond donors (Lipinski definition) is 1. The lowest BCUT2D eigenvalue weighted by Crippen LogP contribution is -2.42. The predicted molar refractivity (Wildman–Crippen MR) is 79.9 cm³/mol. The minimum absolute atomic E-state index is 0.0636. The van der Waals surface area contributed by atoms with Gasteiger partial charge in [0, 0.05) is 5.69 Å². The van der Waals surface area contributed by atoms with Crippen molar-refractivity contribution >= 4 is 17.7 Å². The fourth-order valence-corrected chi connectivity index (χ4v) is 1.90. The van der Waals surface area contributed by atoms with Crippen molar-refractivity contribution in [1.29, 1.82) is 0 Å². The van der Waals surface area contributed by atoms with Crippen molar-refractivity contribution in [3.05, 3.63) is 30.3 Å². The first-order chi connectivity index (χ1) is 9.35. The van der Waals surface area contributed by atoms with E-state index < -0.39 is 5.60 Å². The van der Waals surface area contributed by atoms with Crippen LogP contribution in [-0.2, 0) is 4.74 Å². The molecule has 0 fully saturated rings. The van der Waals surface area contributed by atoms with Gasteiger partial charge in [0.2, 0.25) is 5.96 Å². The highest BCUT2D eigenvalue weighted by Gasteiger charge is 2.31. The molecule has 1 aromatic carbocycles. The number of anilines is 1. The van der Waals surface area contributed by atoms with Crippen molar-refractivity contribution in [2.24, 2.45) is 4.99 Å². The standard InChI is InChI=1S/C15H21N3O2/c1-11-10-18(14(19)20-15(2,3)4)13(16-11)17-12-8-6-5-7-9-12/h5-9,11H,10H2,1-4H3,(H,16,17)/t11-/m0/s1. The molecule has 5 heteroatoms. The number of benzene rings is 1. The molecule has 0 radical (unpaired) electrons. The van der Waals surface area contributed by atoms with Gasteiger partial charge in [-0.05, 0) is 39.8 Å². The largest absolute Gasteiger partial charge is 0.443 e. The Balaban J connectivity index is 2.10. The molecular weight excluding hydrogens is 254 g/mol. The maximum absolute atomic E-state index is 12.2. The Morgan fingerprint density at radius 3 is 2.60 bits per heavy atom. The number of guanidine groups is 1. The maximum atomic E-state index is 12.2. The second-order valence-electron chi connectivity index (χ2n) is 5.88. The Labute approximate surface area is 119 Å². The van der Waals surface area contributed by atoms with Crippen LogP contribution in [-0.4, -0.2) is 35.1 Å². The lowest BCUT2D eigenvalue weighted by Gasteiger charge is -2.25. The second-order valence-corrected chi connectivity index (χ2v) is 5.88. The highest BCUT2D eigenvalue weighted by Crippen LogP contribution is 2.17. The van der Waals surface area contributed by atoms with Gasteiger partial charge >= 0.3 is 6.09 Å². The van der Waals surface area contributed by atoms with E-state index in [-0.39, 0.29) is 12.1 Å². The van der Waals surface area contributed by atoms with Crippen molar-refractivity contribution in [1.82, 2.24) is 4.90 Å². The zero-order valence-corrected chi connectivity index (χ0v) is 12.4. The van der Waals surface area contributed by atoms with Gasteiger partial charge in [-0.2, -0.15) is 0 Å². The van der Waals surface area contributed by atoms with Gasteiger partial charge < -0.3 is 10.1 Å². The minimum Gasteiger partial charge on any atom is -0.443 e. The molecule has 108 valence electrons. The van der Waals surface area contributed by atoms with E-state index in [2.05, 4.69) is 10.3 Å². The second kappa shape index (κ2) is 5.53. The summed E-state index contributed by atoms with van der Waals surface area (Å²) < 4.78 is 5.40. The summed E-state index contributed by atoms with van der Waals surface area (Å²) in [4.78, 5) is 18.2. The van der Waals surface area contributed by atoms with E-state index in [1.54, 1.807) is 4.90 Å². The smallest absolute Gasteiger partial charge is 0.417 e. The molecule has 1 amide bonds. The summed E-state index contributed by atoms with van der Waals surface area (Å²) in [6.45, 7) is 8.06. The van der Waals surface area contributed by atoms with Crippen molar-refractivity contribution in [3.63, 3.8) is 0 Å². The summed E-state index contributed by atoms with van der Waals surface area (Å²) in [5.41, 5.74) is 0.384. The van der Waals surface area contributed by atoms with E-state index in [0.29, 0.717) is 12.5 Å². The number of carbonyl (C=O) groups is 1. The third kappa shape index (κ3) is 3.73. The molecule has 0 bridgehead atoms. The molecule has 20 heavy (non-hydrogen) atoms. The monoisotopic (exact) mass is 275 g/mol. The SMILES string of the molecule is C[C@H]1CN(C(=O)OC(C)(C)C)C(Nc2ccccc2)=N1. The topological polar surface area (TPSA) is 53.9 Å². The molecule has 0 aliphatic carbocycles. The molecule has 1 aliphatic heterocycles. The maximum Gasteiger partial charge on any atom is 0.417 e. The van der Waals surface area contributed by atoms with Gasteiger partial charge in [-0.3, -0.25) is 0 Å². The van der Waals surface area contributed by atoms with E-state index in [0.717, 1.165) is 5.69 Å². The number of amides is 1. The third-order valence-corrected chi connectivity index (χ3v) is 2.69. The van der Waals surface area contributed by atoms with Crippen molar-refractivity contribution in [2.75, 3.05) is 11.9 Å². The Hall–Kier alpha value is -2.04. The number of aliphatic imine (C=N–C) groups is 1. The van der Waals surface area contributed by atoms with E-state index in [9.17, 15) is 4.79 Å². The van der Waals surface area contributed by atoms with Crippen molar-refractivity contribution in [2.45, 2.75) is 39.3 Å². The lowest BCUT2D eigenvalue weighted by molar-refractivity contribution is 0.0378. The van der Waals surface area contributed by atoms with Gasteiger partial charge in [-0.1, -0.05) is 18.2 Å². The Morgan fingerprint density at radius 2 is 2.00 bits per heavy atom. The highest BCUT2D eigenvalue weighted by atomic mass is 16.6. The first kappa shape index (κ1) is 14.4. The van der Waals surface area contributed by atoms with Gasteiger partial charge in [-0.15, -0.1) is 0 Å². The molecule has 1 heterocycles. The summed E-state index contributed by atoms with van der Waals surface area (Å²) in [6.07, 6.45) is -0.371. The van der Waals surface area contributed by atoms with Crippen LogP contribution < -0.4 is 5.32 Å². The van der Waals surface area contributed by atoms with Crippen LogP contribution >= 0.6 is 0 Å². The fraction of sp³-hybridized carbons (Fsp3) is 0.467. The number of nitrogens with zero attached hydrogens (tertiary/aromatic N) is 2. The molecule has 0 unspecified atom stereocenters. The highest BCUT2D eigenvalue weighted by molar-refractivity contribution is 6.03. The molecule has 1 aliphatic rings. The fourth-order valence-electron chi connectivity index (χ4n) is 1.90. The van der Waals surface area contributed by atoms with E-state index in [1.165, 1.54) is 0 Å². The average Bonchev–Trinajstić information content (AvgIpc) is 2.69. The molecule has 0 spiro atoms. The average molecular weight is 275 g/mol. The first-order valence-electron chi connectivity index (χ1n) is 6.75. The van der Waals surface area contributed by atoms with Crippen molar-refractivity contribution < 1.29 is 9.53 Å². The van der Waals surface area contributed by atoms with Crippen LogP contribution in [0.3, 0.4) is 0 Å². The Kier molecular flexibility index (Phi) is 3.97. The third-order valence-electron chi connectivity index (χ3n) is 2.69. The molecule has 5 nitrogen and oxygen atoms in total. The molecular formula is C15H21N3O2. The minimum atomic E-state index is -0.513. The number of rotatable bonds is 1. The van der Waals surface area contributed by atoms with Gasteiger partial charge in [0.1, 0.15) is 5.60 Å². The van der Waals surface area contributed by atoms with Crippen LogP contribution in [0.25, 0.3) is 0 Å². The van der Waals surface area contributed by atoms with Crippen LogP contribution in [0.2, 0.25) is 0 Å². The molecule has 1 N–H and O–H groups in total. The number of ether oxygens (including phenoxy) is 1. The molecule has 2 rings (SSSR count). The number of nitrogens with one attached hydrogen (secondary N) is 1. The number of para-hydroxylation sites is 1. The van der Waals surface area contributed by atoms with Gasteiger partial charge in [0.05, 0.1) is 12.6 Å². The quantitative estimate of drug-likeness (QED) is 0.857. The van der Waals surface area contributed by atoms with Gasteiger partial charge in [0.25, 0.3) is 0 Å². The van der Waals surface area contributed by atoms with E-state index in [4.69, 9.17) is 4.74 Å². The van der Waals surface area contributed by atoms with Gasteiger partial charge in [0.15, 0.2) is 0 Å². The van der Waals surface area contributed by atoms with Gasteiger partial charge in [-0.25, -0.2) is 14.7 Å². The van der Waals surface area contributed by atoms with E-state index >= 15 is 0 Å². The number of hydrogen-bond acceptors (Lipinski definition) is 4. The van der Waals surface area contributed by atoms with Crippen LogP contribution in [0.4, 0.5) is 10.5 Å². The summed E-state index contributed by atoms with van der Waals surface area (Å²) >= 11 is 0. The molecule has 0 saturated heterocycles. The van der Waals surface area contributed by atoms with E-state index in [1.807, 2.05) is 58.0 Å². The van der Waals surface area contributed by atoms with Crippen LogP contribution in [0, 0.1) is 0 Å². The van der Waals surface area contributed by atoms with Crippen LogP contribution in [0.15, 0.2) is 35.3 Å². The molecule has 1 aromatic rings. The summed E-state index contributed by atoms with van der Waals surface area (Å²) in [7, 11) is 0. The zero-order valence-electron chi connectivity index (χ0n) is 12.4. The first-order valence-corrected chi connectivity index (χ1v) is 6.75. The summed E-state index contributed by atoms with van der Waals surface area (Å²) in [5.74, 6) is 0.540. The lowest BCUT2D eigenvalue weighted by atomic mass is 10.2. The molecule has 0 saturated carbocycles. The molecule has 1 atom stereocenters. The van der Waals surface area contributed by atoms with Crippen LogP contribution in [0.5, 0.6) is 0 Å². The normalized spacial score (nSPS) is 18.7. The zero-order chi connectivity index (χ0) is 14.8. The van der Waals surface area contributed by atoms with Crippen molar-refractivity contribution in [3.8, 4) is 0 Å². The molecule has 0 aromatic heterocycles. The summed E-state index contributed by atoms with van der Waals surface area (Å²) in [6, 6.07) is 9.72. The van der Waals surface area contributed by atoms with Crippen LogP contribution in [0.1, 0.15) is 27.7 Å². The Bertz CT molecular complexity index is 506.